The van der Waals surface area contributed by atoms with Crippen LogP contribution in [0.15, 0.2) is 41.0 Å². The maximum atomic E-state index is 12.7. The van der Waals surface area contributed by atoms with Crippen LogP contribution in [0.4, 0.5) is 5.13 Å². The van der Waals surface area contributed by atoms with Crippen molar-refractivity contribution in [3.8, 4) is 0 Å². The molecule has 0 N–H and O–H groups in total. The van der Waals surface area contributed by atoms with Gasteiger partial charge in [-0.1, -0.05) is 49.1 Å². The molecule has 3 rings (SSSR count). The zero-order valence-electron chi connectivity index (χ0n) is 14.9. The van der Waals surface area contributed by atoms with Crippen LogP contribution >= 0.6 is 23.1 Å². The Kier molecular flexibility index (Phi) is 5.78. The molecule has 2 heterocycles. The largest absolute Gasteiger partial charge is 0.467 e. The number of anilines is 1. The molecule has 0 fully saturated rings. The Morgan fingerprint density at radius 2 is 2.08 bits per heavy atom. The number of hydrogen-bond acceptors (Lipinski definition) is 6. The van der Waals surface area contributed by atoms with Crippen molar-refractivity contribution in [2.75, 3.05) is 10.7 Å². The first-order valence-electron chi connectivity index (χ1n) is 8.31. The fourth-order valence-electron chi connectivity index (χ4n) is 2.60. The molecule has 26 heavy (non-hydrogen) atoms. The Bertz CT molecular complexity index is 916. The van der Waals surface area contributed by atoms with Crippen molar-refractivity contribution in [3.05, 3.63) is 47.9 Å². The summed E-state index contributed by atoms with van der Waals surface area (Å²) in [5, 5.41) is 0.543. The van der Waals surface area contributed by atoms with Crippen molar-refractivity contribution in [2.45, 2.75) is 33.2 Å². The highest BCUT2D eigenvalue weighted by molar-refractivity contribution is 8.14. The summed E-state index contributed by atoms with van der Waals surface area (Å²) >= 11 is 2.49. The van der Waals surface area contributed by atoms with Crippen LogP contribution in [-0.2, 0) is 16.1 Å². The third-order valence-corrected chi connectivity index (χ3v) is 5.73. The van der Waals surface area contributed by atoms with Crippen molar-refractivity contribution >= 4 is 49.5 Å². The number of carbonyl (C=O) groups is 2. The van der Waals surface area contributed by atoms with Gasteiger partial charge in [-0.2, -0.15) is 0 Å². The number of carbonyl (C=O) groups excluding carboxylic acids is 2. The average Bonchev–Trinajstić information content (AvgIpc) is 3.25. The molecule has 0 aliphatic carbocycles. The number of amides is 1. The molecule has 0 atom stereocenters. The van der Waals surface area contributed by atoms with E-state index in [1.807, 2.05) is 18.2 Å². The maximum Gasteiger partial charge on any atom is 0.239 e. The topological polar surface area (TPSA) is 63.4 Å². The summed E-state index contributed by atoms with van der Waals surface area (Å²) in [6, 6.07) is 9.72. The van der Waals surface area contributed by atoms with Crippen LogP contribution in [0.5, 0.6) is 0 Å². The van der Waals surface area contributed by atoms with E-state index in [0.29, 0.717) is 23.4 Å². The molecule has 0 aliphatic heterocycles. The second kappa shape index (κ2) is 8.05. The van der Waals surface area contributed by atoms with Crippen molar-refractivity contribution in [3.63, 3.8) is 0 Å². The molecular formula is C19H20N2O3S2. The number of rotatable bonds is 6. The van der Waals surface area contributed by atoms with E-state index in [0.717, 1.165) is 27.5 Å². The van der Waals surface area contributed by atoms with Gasteiger partial charge >= 0.3 is 0 Å². The molecule has 3 aromatic rings. The predicted molar refractivity (Wildman–Crippen MR) is 107 cm³/mol. The first kappa shape index (κ1) is 18.7. The number of fused-ring (bicyclic) bond motifs is 1. The smallest absolute Gasteiger partial charge is 0.239 e. The van der Waals surface area contributed by atoms with Crippen LogP contribution in [0.1, 0.15) is 38.0 Å². The second-order valence-electron chi connectivity index (χ2n) is 6.18. The summed E-state index contributed by atoms with van der Waals surface area (Å²) in [4.78, 5) is 30.3. The standard InChI is InChI=1S/C19H20N2O3S2/c1-12(2)15-7-4-8-16-18(15)20-19(26-16)21(10-14-6-5-9-24-14)17(23)11-25-13(3)22/h4-9,12H,10-11H2,1-3H3. The number of furan rings is 1. The molecule has 1 aromatic carbocycles. The van der Waals surface area contributed by atoms with Gasteiger partial charge in [0.15, 0.2) is 10.2 Å². The van der Waals surface area contributed by atoms with E-state index in [2.05, 4.69) is 19.9 Å². The molecule has 0 aliphatic rings. The Morgan fingerprint density at radius 1 is 1.27 bits per heavy atom. The van der Waals surface area contributed by atoms with Crippen LogP contribution in [0, 0.1) is 0 Å². The van der Waals surface area contributed by atoms with E-state index in [-0.39, 0.29) is 16.8 Å². The first-order chi connectivity index (χ1) is 12.5. The molecule has 7 heteroatoms. The summed E-state index contributed by atoms with van der Waals surface area (Å²) < 4.78 is 6.45. The molecule has 1 amide bonds. The second-order valence-corrected chi connectivity index (χ2v) is 8.35. The van der Waals surface area contributed by atoms with Gasteiger partial charge < -0.3 is 4.42 Å². The van der Waals surface area contributed by atoms with Gasteiger partial charge in [0.2, 0.25) is 5.91 Å². The van der Waals surface area contributed by atoms with E-state index in [1.54, 1.807) is 17.2 Å². The summed E-state index contributed by atoms with van der Waals surface area (Å²) in [6.07, 6.45) is 1.58. The Morgan fingerprint density at radius 3 is 2.73 bits per heavy atom. The molecule has 136 valence electrons. The van der Waals surface area contributed by atoms with Crippen molar-refractivity contribution < 1.29 is 14.0 Å². The van der Waals surface area contributed by atoms with E-state index >= 15 is 0 Å². The quantitative estimate of drug-likeness (QED) is 0.605. The molecule has 0 saturated heterocycles. The maximum absolute atomic E-state index is 12.7. The van der Waals surface area contributed by atoms with Crippen molar-refractivity contribution in [2.24, 2.45) is 0 Å². The lowest BCUT2D eigenvalue weighted by Gasteiger charge is -2.18. The summed E-state index contributed by atoms with van der Waals surface area (Å²) in [5.74, 6) is 0.945. The van der Waals surface area contributed by atoms with Crippen LogP contribution < -0.4 is 4.90 Å². The lowest BCUT2D eigenvalue weighted by atomic mass is 10.0. The molecule has 2 aromatic heterocycles. The minimum atomic E-state index is -0.160. The first-order valence-corrected chi connectivity index (χ1v) is 10.1. The van der Waals surface area contributed by atoms with Gasteiger partial charge in [-0.3, -0.25) is 14.5 Å². The molecule has 0 spiro atoms. The summed E-state index contributed by atoms with van der Waals surface area (Å²) in [6.45, 7) is 6.01. The molecule has 0 bridgehead atoms. The van der Waals surface area contributed by atoms with E-state index in [1.165, 1.54) is 18.3 Å². The minimum Gasteiger partial charge on any atom is -0.467 e. The van der Waals surface area contributed by atoms with E-state index in [9.17, 15) is 9.59 Å². The van der Waals surface area contributed by atoms with Gasteiger partial charge in [0.05, 0.1) is 28.8 Å². The minimum absolute atomic E-state index is 0.0808. The Hall–Kier alpha value is -2.12. The highest BCUT2D eigenvalue weighted by Crippen LogP contribution is 2.34. The highest BCUT2D eigenvalue weighted by Gasteiger charge is 2.22. The number of aromatic nitrogens is 1. The fourth-order valence-corrected chi connectivity index (χ4v) is 4.10. The monoisotopic (exact) mass is 388 g/mol. The van der Waals surface area contributed by atoms with Gasteiger partial charge in [-0.05, 0) is 29.7 Å². The molecule has 0 radical (unpaired) electrons. The van der Waals surface area contributed by atoms with E-state index < -0.39 is 0 Å². The SMILES string of the molecule is CC(=O)SCC(=O)N(Cc1ccco1)c1nc2c(C(C)C)cccc2s1. The molecule has 0 saturated carbocycles. The predicted octanol–water partition coefficient (Wildman–Crippen LogP) is 4.83. The summed E-state index contributed by atoms with van der Waals surface area (Å²) in [7, 11) is 0. The van der Waals surface area contributed by atoms with Crippen LogP contribution in [0.2, 0.25) is 0 Å². The third kappa shape index (κ3) is 4.16. The van der Waals surface area contributed by atoms with Gasteiger partial charge in [0, 0.05) is 6.92 Å². The van der Waals surface area contributed by atoms with Gasteiger partial charge in [-0.25, -0.2) is 4.98 Å². The van der Waals surface area contributed by atoms with Crippen LogP contribution in [-0.4, -0.2) is 21.8 Å². The number of thiazole rings is 1. The Labute approximate surface area is 160 Å². The lowest BCUT2D eigenvalue weighted by Crippen LogP contribution is -2.32. The zero-order valence-corrected chi connectivity index (χ0v) is 16.5. The van der Waals surface area contributed by atoms with Gasteiger partial charge in [-0.15, -0.1) is 0 Å². The average molecular weight is 389 g/mol. The van der Waals surface area contributed by atoms with Crippen molar-refractivity contribution in [1.29, 1.82) is 0 Å². The normalized spacial score (nSPS) is 11.2. The Balaban J connectivity index is 1.97. The van der Waals surface area contributed by atoms with Crippen LogP contribution in [0.25, 0.3) is 10.2 Å². The number of hydrogen-bond donors (Lipinski definition) is 0. The van der Waals surface area contributed by atoms with Gasteiger partial charge in [0.1, 0.15) is 5.76 Å². The van der Waals surface area contributed by atoms with Crippen molar-refractivity contribution in [1.82, 2.24) is 4.98 Å². The third-order valence-electron chi connectivity index (χ3n) is 3.89. The van der Waals surface area contributed by atoms with Crippen LogP contribution in [0.3, 0.4) is 0 Å². The number of benzene rings is 1. The molecule has 5 nitrogen and oxygen atoms in total. The fraction of sp³-hybridized carbons (Fsp3) is 0.316. The lowest BCUT2D eigenvalue weighted by molar-refractivity contribution is -0.116. The zero-order chi connectivity index (χ0) is 18.7. The molecular weight excluding hydrogens is 368 g/mol. The van der Waals surface area contributed by atoms with Gasteiger partial charge in [0.25, 0.3) is 0 Å². The number of para-hydroxylation sites is 1. The summed E-state index contributed by atoms with van der Waals surface area (Å²) in [5.41, 5.74) is 2.09. The number of nitrogens with zero attached hydrogens (tertiary/aromatic N) is 2. The molecule has 0 unspecified atom stereocenters. The number of thioether (sulfide) groups is 1. The highest BCUT2D eigenvalue weighted by atomic mass is 32.2. The van der Waals surface area contributed by atoms with E-state index in [4.69, 9.17) is 9.40 Å².